The normalized spacial score (nSPS) is 41.6. The average molecular weight is 431 g/mol. The second-order valence-corrected chi connectivity index (χ2v) is 11.2. The highest BCUT2D eigenvalue weighted by molar-refractivity contribution is 5.72. The van der Waals surface area contributed by atoms with Crippen LogP contribution in [0.25, 0.3) is 0 Å². The fraction of sp³-hybridized carbons (Fsp3) is 0.893. The van der Waals surface area contributed by atoms with Gasteiger partial charge in [0.2, 0.25) is 0 Å². The first-order valence-corrected chi connectivity index (χ1v) is 13.6. The summed E-state index contributed by atoms with van der Waals surface area (Å²) in [5, 5.41) is 0. The molecule has 31 heavy (non-hydrogen) atoms. The fourth-order valence-electron chi connectivity index (χ4n) is 7.13. The summed E-state index contributed by atoms with van der Waals surface area (Å²) < 4.78 is 12.3. The number of allylic oxidation sites excluding steroid dienone is 1. The smallest absolute Gasteiger partial charge is 0.309 e. The van der Waals surface area contributed by atoms with Crippen molar-refractivity contribution >= 4 is 5.97 Å². The Bertz CT molecular complexity index is 563. The highest BCUT2D eigenvalue weighted by Gasteiger charge is 2.37. The molecule has 3 heteroatoms. The Morgan fingerprint density at radius 2 is 1.45 bits per heavy atom. The molecule has 3 saturated carbocycles. The molecule has 0 amide bonds. The molecule has 0 aromatic rings. The van der Waals surface area contributed by atoms with Gasteiger partial charge in [-0.1, -0.05) is 19.4 Å². The molecule has 0 aromatic carbocycles. The molecule has 2 atom stereocenters. The summed E-state index contributed by atoms with van der Waals surface area (Å²) in [6, 6.07) is 0. The molecule has 4 aliphatic rings. The van der Waals surface area contributed by atoms with Crippen molar-refractivity contribution in [3.05, 3.63) is 12.7 Å². The largest absolute Gasteiger partial charge is 0.462 e. The van der Waals surface area contributed by atoms with E-state index in [4.69, 9.17) is 9.47 Å². The second kappa shape index (κ2) is 11.3. The number of ether oxygens (including phenoxy) is 2. The number of hydrogen-bond acceptors (Lipinski definition) is 3. The van der Waals surface area contributed by atoms with Gasteiger partial charge in [-0.2, -0.15) is 0 Å². The van der Waals surface area contributed by atoms with Gasteiger partial charge in [0.1, 0.15) is 6.10 Å². The zero-order valence-corrected chi connectivity index (χ0v) is 19.9. The molecule has 1 heterocycles. The van der Waals surface area contributed by atoms with Crippen molar-refractivity contribution < 1.29 is 14.3 Å². The van der Waals surface area contributed by atoms with Crippen molar-refractivity contribution in [2.45, 2.75) is 128 Å². The number of carbonyl (C=O) groups is 1. The maximum absolute atomic E-state index is 12.8. The van der Waals surface area contributed by atoms with Crippen LogP contribution in [0.3, 0.4) is 0 Å². The van der Waals surface area contributed by atoms with Gasteiger partial charge in [0.15, 0.2) is 0 Å². The molecular weight excluding hydrogens is 384 g/mol. The summed E-state index contributed by atoms with van der Waals surface area (Å²) in [4.78, 5) is 12.8. The third kappa shape index (κ3) is 6.15. The van der Waals surface area contributed by atoms with E-state index in [1.54, 1.807) is 0 Å². The van der Waals surface area contributed by atoms with E-state index in [9.17, 15) is 4.79 Å². The quantitative estimate of drug-likeness (QED) is 0.315. The van der Waals surface area contributed by atoms with Crippen molar-refractivity contribution in [2.75, 3.05) is 0 Å². The van der Waals surface area contributed by atoms with Crippen molar-refractivity contribution in [3.8, 4) is 0 Å². The van der Waals surface area contributed by atoms with E-state index >= 15 is 0 Å². The summed E-state index contributed by atoms with van der Waals surface area (Å²) in [6.07, 6.45) is 22.5. The molecule has 4 fully saturated rings. The number of hydrogen-bond donors (Lipinski definition) is 0. The molecule has 0 N–H and O–H groups in total. The third-order valence-electron chi connectivity index (χ3n) is 9.20. The molecule has 0 radical (unpaired) electrons. The van der Waals surface area contributed by atoms with Crippen LogP contribution >= 0.6 is 0 Å². The topological polar surface area (TPSA) is 35.5 Å². The second-order valence-electron chi connectivity index (χ2n) is 11.2. The van der Waals surface area contributed by atoms with Crippen LogP contribution in [-0.4, -0.2) is 24.3 Å². The molecule has 3 nitrogen and oxygen atoms in total. The highest BCUT2D eigenvalue weighted by Crippen LogP contribution is 2.42. The Morgan fingerprint density at radius 1 is 0.839 bits per heavy atom. The van der Waals surface area contributed by atoms with Crippen molar-refractivity contribution in [2.24, 2.45) is 29.6 Å². The summed E-state index contributed by atoms with van der Waals surface area (Å²) in [5.41, 5.74) is 0. The Morgan fingerprint density at radius 3 is 2.06 bits per heavy atom. The van der Waals surface area contributed by atoms with Gasteiger partial charge in [0.05, 0.1) is 18.1 Å². The van der Waals surface area contributed by atoms with Gasteiger partial charge in [0.25, 0.3) is 0 Å². The molecular formula is C28H46O3. The van der Waals surface area contributed by atoms with E-state index in [1.807, 2.05) is 0 Å². The van der Waals surface area contributed by atoms with E-state index in [0.717, 1.165) is 56.3 Å². The van der Waals surface area contributed by atoms with Crippen molar-refractivity contribution in [1.29, 1.82) is 0 Å². The van der Waals surface area contributed by atoms with Crippen LogP contribution in [0.15, 0.2) is 12.7 Å². The number of carbonyl (C=O) groups excluding carboxylic acids is 1. The summed E-state index contributed by atoms with van der Waals surface area (Å²) >= 11 is 0. The molecule has 0 bridgehead atoms. The van der Waals surface area contributed by atoms with E-state index in [2.05, 4.69) is 19.6 Å². The average Bonchev–Trinajstić information content (AvgIpc) is 3.29. The Hall–Kier alpha value is -0.830. The summed E-state index contributed by atoms with van der Waals surface area (Å²) in [5.74, 6) is 3.41. The predicted molar refractivity (Wildman–Crippen MR) is 126 cm³/mol. The van der Waals surface area contributed by atoms with Crippen LogP contribution < -0.4 is 0 Å². The van der Waals surface area contributed by atoms with Gasteiger partial charge >= 0.3 is 5.97 Å². The zero-order valence-electron chi connectivity index (χ0n) is 19.9. The number of esters is 1. The standard InChI is InChI=1S/C28H46O3/c1-3-5-25-18-19-27(30-25)23-10-12-24(13-11-23)28(29)31-26-16-14-22(15-17-26)21-8-6-20(4-2)7-9-21/h4,20-27H,2-3,5-19H2,1H3. The fourth-order valence-corrected chi connectivity index (χ4v) is 7.13. The van der Waals surface area contributed by atoms with Crippen molar-refractivity contribution in [3.63, 3.8) is 0 Å². The van der Waals surface area contributed by atoms with E-state index in [-0.39, 0.29) is 18.0 Å². The molecule has 1 aliphatic heterocycles. The molecule has 4 rings (SSSR count). The third-order valence-corrected chi connectivity index (χ3v) is 9.20. The highest BCUT2D eigenvalue weighted by atomic mass is 16.5. The Kier molecular flexibility index (Phi) is 8.54. The van der Waals surface area contributed by atoms with Crippen LogP contribution in [0.4, 0.5) is 0 Å². The summed E-state index contributed by atoms with van der Waals surface area (Å²) in [7, 11) is 0. The summed E-state index contributed by atoms with van der Waals surface area (Å²) in [6.45, 7) is 6.22. The minimum atomic E-state index is 0.101. The lowest BCUT2D eigenvalue weighted by atomic mass is 9.70. The molecule has 0 aromatic heterocycles. The van der Waals surface area contributed by atoms with Gasteiger partial charge in [-0.15, -0.1) is 6.58 Å². The Balaban J connectivity index is 1.13. The van der Waals surface area contributed by atoms with Gasteiger partial charge in [-0.05, 0) is 120 Å². The molecule has 0 spiro atoms. The van der Waals surface area contributed by atoms with Crippen LogP contribution in [0.2, 0.25) is 0 Å². The van der Waals surface area contributed by atoms with Crippen molar-refractivity contribution in [1.82, 2.24) is 0 Å². The molecule has 2 unspecified atom stereocenters. The maximum Gasteiger partial charge on any atom is 0.309 e. The monoisotopic (exact) mass is 430 g/mol. The number of rotatable bonds is 7. The van der Waals surface area contributed by atoms with Gasteiger partial charge in [0, 0.05) is 0 Å². The van der Waals surface area contributed by atoms with E-state index < -0.39 is 0 Å². The lowest BCUT2D eigenvalue weighted by Crippen LogP contribution is -2.33. The lowest BCUT2D eigenvalue weighted by Gasteiger charge is -2.37. The van der Waals surface area contributed by atoms with Crippen LogP contribution in [0, 0.1) is 29.6 Å². The predicted octanol–water partition coefficient (Wildman–Crippen LogP) is 7.23. The van der Waals surface area contributed by atoms with Gasteiger partial charge < -0.3 is 9.47 Å². The van der Waals surface area contributed by atoms with E-state index in [0.29, 0.717) is 18.1 Å². The Labute approximate surface area is 190 Å². The first-order chi connectivity index (χ1) is 15.2. The molecule has 3 aliphatic carbocycles. The van der Waals surface area contributed by atoms with E-state index in [1.165, 1.54) is 64.2 Å². The van der Waals surface area contributed by atoms with Crippen LogP contribution in [0.1, 0.15) is 110 Å². The zero-order chi connectivity index (χ0) is 21.6. The molecule has 176 valence electrons. The maximum atomic E-state index is 12.8. The molecule has 1 saturated heterocycles. The minimum Gasteiger partial charge on any atom is -0.462 e. The van der Waals surface area contributed by atoms with Gasteiger partial charge in [-0.3, -0.25) is 4.79 Å². The first-order valence-electron chi connectivity index (χ1n) is 13.6. The van der Waals surface area contributed by atoms with Gasteiger partial charge in [-0.25, -0.2) is 0 Å². The minimum absolute atomic E-state index is 0.101. The van der Waals surface area contributed by atoms with Crippen LogP contribution in [0.5, 0.6) is 0 Å². The van der Waals surface area contributed by atoms with Crippen LogP contribution in [-0.2, 0) is 14.3 Å². The SMILES string of the molecule is C=CC1CCC(C2CCC(OC(=O)C3CCC(C4CCC(CCC)O4)CC3)CC2)CC1. The lowest BCUT2D eigenvalue weighted by molar-refractivity contribution is -0.158. The first kappa shape index (κ1) is 23.3.